The molecule has 0 amide bonds. The van der Waals surface area contributed by atoms with Gasteiger partial charge < -0.3 is 10.2 Å². The van der Waals surface area contributed by atoms with Gasteiger partial charge in [-0.25, -0.2) is 4.98 Å². The van der Waals surface area contributed by atoms with Crippen molar-refractivity contribution >= 4 is 17.3 Å². The first-order valence-corrected chi connectivity index (χ1v) is 8.61. The predicted octanol–water partition coefficient (Wildman–Crippen LogP) is 2.78. The second kappa shape index (κ2) is 7.40. The maximum Gasteiger partial charge on any atom is 0.194 e. The maximum atomic E-state index is 4.42. The number of hydrogen-bond donors (Lipinski definition) is 1. The zero-order chi connectivity index (χ0) is 15.2. The van der Waals surface area contributed by atoms with E-state index in [0.717, 1.165) is 37.0 Å². The zero-order valence-corrected chi connectivity index (χ0v) is 13.7. The molecule has 1 saturated heterocycles. The van der Waals surface area contributed by atoms with Gasteiger partial charge >= 0.3 is 0 Å². The summed E-state index contributed by atoms with van der Waals surface area (Å²) < 4.78 is 0. The van der Waals surface area contributed by atoms with E-state index in [1.165, 1.54) is 12.0 Å². The van der Waals surface area contributed by atoms with Crippen molar-refractivity contribution in [2.24, 2.45) is 10.9 Å². The summed E-state index contributed by atoms with van der Waals surface area (Å²) >= 11 is 1.67. The zero-order valence-electron chi connectivity index (χ0n) is 12.9. The van der Waals surface area contributed by atoms with Gasteiger partial charge in [-0.05, 0) is 24.3 Å². The third-order valence-corrected chi connectivity index (χ3v) is 4.83. The fraction of sp³-hybridized carbons (Fsp3) is 0.412. The van der Waals surface area contributed by atoms with Crippen LogP contribution < -0.4 is 5.32 Å². The third-order valence-electron chi connectivity index (χ3n) is 4.05. The molecule has 3 rings (SSSR count). The molecule has 1 unspecified atom stereocenters. The van der Waals surface area contributed by atoms with Crippen molar-refractivity contribution in [3.63, 3.8) is 0 Å². The van der Waals surface area contributed by atoms with Crippen LogP contribution in [0.2, 0.25) is 0 Å². The van der Waals surface area contributed by atoms with Crippen LogP contribution in [0.1, 0.15) is 17.0 Å². The fourth-order valence-electron chi connectivity index (χ4n) is 2.97. The van der Waals surface area contributed by atoms with Gasteiger partial charge in [0.1, 0.15) is 5.01 Å². The molecule has 2 heterocycles. The smallest absolute Gasteiger partial charge is 0.194 e. The average molecular weight is 314 g/mol. The van der Waals surface area contributed by atoms with E-state index in [1.807, 2.05) is 18.6 Å². The van der Waals surface area contributed by atoms with Gasteiger partial charge in [0, 0.05) is 31.7 Å². The molecule has 1 N–H and O–H groups in total. The van der Waals surface area contributed by atoms with Crippen LogP contribution in [0, 0.1) is 5.92 Å². The van der Waals surface area contributed by atoms with E-state index >= 15 is 0 Å². The molecule has 0 spiro atoms. The molecule has 1 aromatic carbocycles. The van der Waals surface area contributed by atoms with Gasteiger partial charge in [-0.3, -0.25) is 4.99 Å². The van der Waals surface area contributed by atoms with E-state index in [2.05, 4.69) is 50.5 Å². The minimum atomic E-state index is 0.709. The van der Waals surface area contributed by atoms with E-state index in [4.69, 9.17) is 0 Å². The van der Waals surface area contributed by atoms with Gasteiger partial charge in [0.2, 0.25) is 0 Å². The number of nitrogens with one attached hydrogen (secondary N) is 1. The Morgan fingerprint density at radius 2 is 2.27 bits per heavy atom. The highest BCUT2D eigenvalue weighted by Crippen LogP contribution is 2.21. The Morgan fingerprint density at radius 1 is 1.41 bits per heavy atom. The Labute approximate surface area is 135 Å². The van der Waals surface area contributed by atoms with Gasteiger partial charge in [-0.15, -0.1) is 11.3 Å². The van der Waals surface area contributed by atoms with Gasteiger partial charge in [-0.2, -0.15) is 0 Å². The second-order valence-corrected chi connectivity index (χ2v) is 6.60. The largest absolute Gasteiger partial charge is 0.350 e. The quantitative estimate of drug-likeness (QED) is 0.697. The molecule has 1 fully saturated rings. The monoisotopic (exact) mass is 314 g/mol. The van der Waals surface area contributed by atoms with Gasteiger partial charge in [0.15, 0.2) is 5.96 Å². The number of aliphatic imine (C=N–C) groups is 1. The minimum Gasteiger partial charge on any atom is -0.350 e. The highest BCUT2D eigenvalue weighted by molar-refractivity contribution is 7.09. The molecule has 4 nitrogen and oxygen atoms in total. The number of aromatic nitrogens is 1. The lowest BCUT2D eigenvalue weighted by Crippen LogP contribution is -2.39. The van der Waals surface area contributed by atoms with Crippen molar-refractivity contribution in [2.75, 3.05) is 20.1 Å². The molecule has 0 bridgehead atoms. The van der Waals surface area contributed by atoms with Gasteiger partial charge in [0.25, 0.3) is 0 Å². The summed E-state index contributed by atoms with van der Waals surface area (Å²) in [6.45, 7) is 2.91. The highest BCUT2D eigenvalue weighted by Gasteiger charge is 2.24. The Balaban J connectivity index is 1.52. The van der Waals surface area contributed by atoms with Crippen LogP contribution in [0.5, 0.6) is 0 Å². The Morgan fingerprint density at radius 3 is 3.00 bits per heavy atom. The van der Waals surface area contributed by atoms with Crippen LogP contribution in [-0.2, 0) is 13.0 Å². The number of rotatable bonds is 4. The summed E-state index contributed by atoms with van der Waals surface area (Å²) in [7, 11) is 1.86. The Bertz CT molecular complexity index is 594. The average Bonchev–Trinajstić information content (AvgIpc) is 3.21. The van der Waals surface area contributed by atoms with Crippen molar-refractivity contribution in [1.29, 1.82) is 0 Å². The first kappa shape index (κ1) is 15.0. The van der Waals surface area contributed by atoms with Crippen molar-refractivity contribution in [3.8, 4) is 0 Å². The molecule has 2 aromatic rings. The fourth-order valence-corrected chi connectivity index (χ4v) is 3.52. The number of benzene rings is 1. The normalized spacial score (nSPS) is 18.7. The van der Waals surface area contributed by atoms with E-state index in [-0.39, 0.29) is 0 Å². The lowest BCUT2D eigenvalue weighted by molar-refractivity contribution is 0.459. The lowest BCUT2D eigenvalue weighted by atomic mass is 9.99. The number of thiazole rings is 1. The molecule has 1 atom stereocenters. The van der Waals surface area contributed by atoms with E-state index in [1.54, 1.807) is 11.3 Å². The van der Waals surface area contributed by atoms with Gasteiger partial charge in [0.05, 0.1) is 6.54 Å². The molecule has 22 heavy (non-hydrogen) atoms. The molecule has 0 aliphatic carbocycles. The van der Waals surface area contributed by atoms with E-state index < -0.39 is 0 Å². The topological polar surface area (TPSA) is 40.5 Å². The Kier molecular flexibility index (Phi) is 5.06. The molecule has 0 radical (unpaired) electrons. The summed E-state index contributed by atoms with van der Waals surface area (Å²) in [6, 6.07) is 10.8. The van der Waals surface area contributed by atoms with E-state index in [9.17, 15) is 0 Å². The summed E-state index contributed by atoms with van der Waals surface area (Å²) in [6.07, 6.45) is 4.23. The Hall–Kier alpha value is -1.88. The molecule has 1 aliphatic rings. The molecular weight excluding hydrogens is 292 g/mol. The third kappa shape index (κ3) is 3.85. The highest BCUT2D eigenvalue weighted by atomic mass is 32.1. The van der Waals surface area contributed by atoms with Crippen LogP contribution in [-0.4, -0.2) is 36.0 Å². The standard InChI is InChI=1S/C17H22N4S/c1-18-17(20-12-16-19-8-10-22-16)21-9-7-15(13-21)11-14-5-3-2-4-6-14/h2-6,8,10,15H,7,9,11-13H2,1H3,(H,18,20). The summed E-state index contributed by atoms with van der Waals surface area (Å²) in [5.74, 6) is 1.70. The lowest BCUT2D eigenvalue weighted by Gasteiger charge is -2.21. The van der Waals surface area contributed by atoms with Crippen molar-refractivity contribution in [3.05, 3.63) is 52.5 Å². The number of hydrogen-bond acceptors (Lipinski definition) is 3. The molecular formula is C17H22N4S. The van der Waals surface area contributed by atoms with Crippen molar-refractivity contribution in [2.45, 2.75) is 19.4 Å². The number of guanidine groups is 1. The van der Waals surface area contributed by atoms with Crippen LogP contribution >= 0.6 is 11.3 Å². The second-order valence-electron chi connectivity index (χ2n) is 5.62. The molecule has 1 aromatic heterocycles. The van der Waals surface area contributed by atoms with E-state index in [0.29, 0.717) is 5.92 Å². The molecule has 1 aliphatic heterocycles. The first-order valence-electron chi connectivity index (χ1n) is 7.73. The SMILES string of the molecule is CN=C(NCc1nccs1)N1CCC(Cc2ccccc2)C1. The van der Waals surface area contributed by atoms with Crippen LogP contribution in [0.25, 0.3) is 0 Å². The first-order chi connectivity index (χ1) is 10.8. The molecule has 116 valence electrons. The number of nitrogens with zero attached hydrogens (tertiary/aromatic N) is 3. The van der Waals surface area contributed by atoms with Crippen LogP contribution in [0.4, 0.5) is 0 Å². The van der Waals surface area contributed by atoms with Crippen molar-refractivity contribution in [1.82, 2.24) is 15.2 Å². The predicted molar refractivity (Wildman–Crippen MR) is 92.1 cm³/mol. The number of likely N-dealkylation sites (tertiary alicyclic amines) is 1. The summed E-state index contributed by atoms with van der Waals surface area (Å²) in [4.78, 5) is 11.1. The molecule has 0 saturated carbocycles. The minimum absolute atomic E-state index is 0.709. The van der Waals surface area contributed by atoms with Gasteiger partial charge in [-0.1, -0.05) is 30.3 Å². The van der Waals surface area contributed by atoms with Crippen molar-refractivity contribution < 1.29 is 0 Å². The maximum absolute atomic E-state index is 4.42. The molecule has 5 heteroatoms. The van der Waals surface area contributed by atoms with Crippen LogP contribution in [0.15, 0.2) is 46.9 Å². The summed E-state index contributed by atoms with van der Waals surface area (Å²) in [5, 5.41) is 6.53. The summed E-state index contributed by atoms with van der Waals surface area (Å²) in [5.41, 5.74) is 1.43. The van der Waals surface area contributed by atoms with Crippen LogP contribution in [0.3, 0.4) is 0 Å².